The molecule has 0 heterocycles. The van der Waals surface area contributed by atoms with Crippen LogP contribution in [-0.2, 0) is 0 Å². The standard InChI is InChI=1S/C9H10FN/c1-2-7-5-9(10)4-3-8(7)6-11/h3-5,7-8H,2H2,1H3. The summed E-state index contributed by atoms with van der Waals surface area (Å²) in [7, 11) is 0. The van der Waals surface area contributed by atoms with E-state index in [2.05, 4.69) is 6.07 Å². The number of halogens is 1. The molecule has 0 saturated heterocycles. The van der Waals surface area contributed by atoms with Gasteiger partial charge in [0.2, 0.25) is 0 Å². The van der Waals surface area contributed by atoms with Crippen LogP contribution in [0.1, 0.15) is 13.3 Å². The fourth-order valence-corrected chi connectivity index (χ4v) is 1.21. The smallest absolute Gasteiger partial charge is 0.119 e. The van der Waals surface area contributed by atoms with Crippen LogP contribution >= 0.6 is 0 Å². The molecule has 1 aliphatic rings. The monoisotopic (exact) mass is 151 g/mol. The van der Waals surface area contributed by atoms with Crippen LogP contribution in [0.25, 0.3) is 0 Å². The van der Waals surface area contributed by atoms with Gasteiger partial charge in [0.15, 0.2) is 0 Å². The molecule has 11 heavy (non-hydrogen) atoms. The Bertz CT molecular complexity index is 234. The first kappa shape index (κ1) is 8.00. The Morgan fingerprint density at radius 1 is 1.73 bits per heavy atom. The van der Waals surface area contributed by atoms with E-state index in [1.54, 1.807) is 6.08 Å². The lowest BCUT2D eigenvalue weighted by Crippen LogP contribution is -2.10. The molecule has 0 fully saturated rings. The van der Waals surface area contributed by atoms with Crippen molar-refractivity contribution in [2.24, 2.45) is 11.8 Å². The molecule has 1 rings (SSSR count). The molecule has 0 bridgehead atoms. The van der Waals surface area contributed by atoms with Gasteiger partial charge in [-0.1, -0.05) is 13.0 Å². The molecule has 0 N–H and O–H groups in total. The molecule has 0 aromatic carbocycles. The maximum atomic E-state index is 12.6. The van der Waals surface area contributed by atoms with Crippen molar-refractivity contribution in [2.45, 2.75) is 13.3 Å². The molecule has 0 amide bonds. The van der Waals surface area contributed by atoms with Gasteiger partial charge in [-0.3, -0.25) is 0 Å². The van der Waals surface area contributed by atoms with Gasteiger partial charge >= 0.3 is 0 Å². The van der Waals surface area contributed by atoms with Crippen molar-refractivity contribution in [1.82, 2.24) is 0 Å². The molecular formula is C9H10FN. The minimum atomic E-state index is -0.219. The minimum absolute atomic E-state index is 0.0602. The van der Waals surface area contributed by atoms with E-state index in [9.17, 15) is 4.39 Å². The van der Waals surface area contributed by atoms with Crippen molar-refractivity contribution in [1.29, 1.82) is 5.26 Å². The Labute approximate surface area is 65.8 Å². The van der Waals surface area contributed by atoms with Gasteiger partial charge in [0.25, 0.3) is 0 Å². The van der Waals surface area contributed by atoms with Crippen LogP contribution in [0.5, 0.6) is 0 Å². The van der Waals surface area contributed by atoms with E-state index in [0.717, 1.165) is 6.42 Å². The van der Waals surface area contributed by atoms with Crippen LogP contribution in [-0.4, -0.2) is 0 Å². The van der Waals surface area contributed by atoms with Gasteiger partial charge in [-0.2, -0.15) is 5.26 Å². The average molecular weight is 151 g/mol. The average Bonchev–Trinajstić information content (AvgIpc) is 2.04. The molecule has 2 heteroatoms. The molecule has 0 aromatic heterocycles. The highest BCUT2D eigenvalue weighted by atomic mass is 19.1. The molecule has 0 saturated carbocycles. The van der Waals surface area contributed by atoms with Gasteiger partial charge in [-0.25, -0.2) is 4.39 Å². The lowest BCUT2D eigenvalue weighted by atomic mass is 9.87. The van der Waals surface area contributed by atoms with Crippen molar-refractivity contribution < 1.29 is 4.39 Å². The second-order valence-corrected chi connectivity index (χ2v) is 2.64. The Kier molecular flexibility index (Phi) is 2.43. The van der Waals surface area contributed by atoms with Crippen LogP contribution < -0.4 is 0 Å². The lowest BCUT2D eigenvalue weighted by Gasteiger charge is -2.16. The van der Waals surface area contributed by atoms with Crippen LogP contribution in [0.15, 0.2) is 24.1 Å². The summed E-state index contributed by atoms with van der Waals surface area (Å²) in [5.74, 6) is -0.298. The number of hydrogen-bond donors (Lipinski definition) is 0. The topological polar surface area (TPSA) is 23.8 Å². The summed E-state index contributed by atoms with van der Waals surface area (Å²) >= 11 is 0. The zero-order valence-corrected chi connectivity index (χ0v) is 6.42. The highest BCUT2D eigenvalue weighted by Gasteiger charge is 2.18. The van der Waals surface area contributed by atoms with Crippen molar-refractivity contribution in [3.05, 3.63) is 24.1 Å². The molecule has 0 spiro atoms. The second-order valence-electron chi connectivity index (χ2n) is 2.64. The Morgan fingerprint density at radius 3 is 3.00 bits per heavy atom. The molecule has 1 nitrogen and oxygen atoms in total. The zero-order chi connectivity index (χ0) is 8.27. The quantitative estimate of drug-likeness (QED) is 0.565. The SMILES string of the molecule is CCC1C=C(F)C=CC1C#N. The largest absolute Gasteiger partial charge is 0.207 e. The molecule has 0 aromatic rings. The zero-order valence-electron chi connectivity index (χ0n) is 6.42. The van der Waals surface area contributed by atoms with Crippen molar-refractivity contribution >= 4 is 0 Å². The number of hydrogen-bond acceptors (Lipinski definition) is 1. The van der Waals surface area contributed by atoms with Crippen LogP contribution in [0.4, 0.5) is 4.39 Å². The fraction of sp³-hybridized carbons (Fsp3) is 0.444. The summed E-state index contributed by atoms with van der Waals surface area (Å²) in [5, 5.41) is 8.63. The molecular weight excluding hydrogens is 141 g/mol. The molecule has 2 atom stereocenters. The summed E-state index contributed by atoms with van der Waals surface area (Å²) in [4.78, 5) is 0. The summed E-state index contributed by atoms with van der Waals surface area (Å²) < 4.78 is 12.6. The maximum absolute atomic E-state index is 12.6. The summed E-state index contributed by atoms with van der Waals surface area (Å²) in [6, 6.07) is 2.13. The number of allylic oxidation sites excluding steroid dienone is 4. The van der Waals surface area contributed by atoms with Gasteiger partial charge in [0.1, 0.15) is 5.83 Å². The molecule has 2 unspecified atom stereocenters. The lowest BCUT2D eigenvalue weighted by molar-refractivity contribution is 0.513. The number of rotatable bonds is 1. The van der Waals surface area contributed by atoms with Crippen molar-refractivity contribution in [3.63, 3.8) is 0 Å². The van der Waals surface area contributed by atoms with E-state index in [1.807, 2.05) is 6.92 Å². The summed E-state index contributed by atoms with van der Waals surface area (Å²) in [6.45, 7) is 1.96. The molecule has 0 radical (unpaired) electrons. The number of nitriles is 1. The van der Waals surface area contributed by atoms with Crippen LogP contribution in [0.2, 0.25) is 0 Å². The third kappa shape index (κ3) is 1.68. The Hall–Kier alpha value is -1.10. The maximum Gasteiger partial charge on any atom is 0.119 e. The predicted molar refractivity (Wildman–Crippen MR) is 41.2 cm³/mol. The van der Waals surface area contributed by atoms with E-state index >= 15 is 0 Å². The Morgan fingerprint density at radius 2 is 2.45 bits per heavy atom. The Balaban J connectivity index is 2.76. The highest BCUT2D eigenvalue weighted by Crippen LogP contribution is 2.25. The normalized spacial score (nSPS) is 29.4. The van der Waals surface area contributed by atoms with Gasteiger partial charge in [-0.15, -0.1) is 0 Å². The van der Waals surface area contributed by atoms with Gasteiger partial charge in [-0.05, 0) is 24.5 Å². The molecule has 1 aliphatic carbocycles. The first-order chi connectivity index (χ1) is 5.27. The highest BCUT2D eigenvalue weighted by molar-refractivity contribution is 5.23. The van der Waals surface area contributed by atoms with E-state index < -0.39 is 0 Å². The van der Waals surface area contributed by atoms with Gasteiger partial charge < -0.3 is 0 Å². The summed E-state index contributed by atoms with van der Waals surface area (Å²) in [5.41, 5.74) is 0. The van der Waals surface area contributed by atoms with Crippen LogP contribution in [0, 0.1) is 23.2 Å². The van der Waals surface area contributed by atoms with E-state index in [-0.39, 0.29) is 17.7 Å². The number of nitrogens with zero attached hydrogens (tertiary/aromatic N) is 1. The van der Waals surface area contributed by atoms with E-state index in [0.29, 0.717) is 0 Å². The first-order valence-electron chi connectivity index (χ1n) is 3.73. The van der Waals surface area contributed by atoms with Gasteiger partial charge in [0.05, 0.1) is 12.0 Å². The van der Waals surface area contributed by atoms with Gasteiger partial charge in [0, 0.05) is 0 Å². The minimum Gasteiger partial charge on any atom is -0.207 e. The van der Waals surface area contributed by atoms with Crippen molar-refractivity contribution in [2.75, 3.05) is 0 Å². The first-order valence-corrected chi connectivity index (χ1v) is 3.73. The third-order valence-corrected chi connectivity index (χ3v) is 1.92. The van der Waals surface area contributed by atoms with E-state index in [4.69, 9.17) is 5.26 Å². The third-order valence-electron chi connectivity index (χ3n) is 1.92. The fourth-order valence-electron chi connectivity index (χ4n) is 1.21. The van der Waals surface area contributed by atoms with Crippen molar-refractivity contribution in [3.8, 4) is 6.07 Å². The van der Waals surface area contributed by atoms with Crippen LogP contribution in [0.3, 0.4) is 0 Å². The summed E-state index contributed by atoms with van der Waals surface area (Å²) in [6.07, 6.45) is 5.33. The second kappa shape index (κ2) is 3.34. The predicted octanol–water partition coefficient (Wildman–Crippen LogP) is 2.58. The molecule has 0 aliphatic heterocycles. The van der Waals surface area contributed by atoms with E-state index in [1.165, 1.54) is 12.2 Å². The molecule has 58 valence electrons.